The van der Waals surface area contributed by atoms with Crippen LogP contribution in [0, 0.1) is 23.5 Å². The highest BCUT2D eigenvalue weighted by molar-refractivity contribution is 8.11. The lowest BCUT2D eigenvalue weighted by Crippen LogP contribution is -2.48. The molecule has 4 heterocycles. The van der Waals surface area contributed by atoms with E-state index in [2.05, 4.69) is 54.5 Å². The predicted octanol–water partition coefficient (Wildman–Crippen LogP) is 3.60. The highest BCUT2D eigenvalue weighted by Crippen LogP contribution is 2.15. The normalized spacial score (nSPS) is 21.5. The lowest BCUT2D eigenvalue weighted by atomic mass is 10.0. The van der Waals surface area contributed by atoms with Gasteiger partial charge in [-0.05, 0) is 80.7 Å². The van der Waals surface area contributed by atoms with E-state index in [1.54, 1.807) is 52.0 Å². The number of cyclic esters (lactones) is 2. The molecule has 2 aromatic heterocycles. The number of carbonyl (C=O) groups excluding carboxylic acids is 9. The van der Waals surface area contributed by atoms with Gasteiger partial charge in [0, 0.05) is 5.75 Å². The molecule has 0 unspecified atom stereocenters. The van der Waals surface area contributed by atoms with Crippen LogP contribution in [0.5, 0.6) is 0 Å². The summed E-state index contributed by atoms with van der Waals surface area (Å²) in [5, 5.41) is 14.9. The van der Waals surface area contributed by atoms with Crippen molar-refractivity contribution in [3.8, 4) is 0 Å². The zero-order valence-electron chi connectivity index (χ0n) is 39.5. The van der Waals surface area contributed by atoms with E-state index in [9.17, 15) is 51.9 Å². The Morgan fingerprint density at radius 1 is 0.671 bits per heavy atom. The van der Waals surface area contributed by atoms with Crippen LogP contribution in [0.25, 0.3) is 0 Å². The number of rotatable bonds is 10. The molecule has 0 aliphatic carbocycles. The summed E-state index contributed by atoms with van der Waals surface area (Å²) in [5.74, 6) is -7.32. The molecule has 19 nitrogen and oxygen atoms in total. The Hall–Kier alpha value is -6.75. The predicted molar refractivity (Wildman–Crippen MR) is 258 cm³/mol. The Morgan fingerprint density at radius 3 is 1.46 bits per heavy atom. The second-order valence-electron chi connectivity index (χ2n) is 16.0. The number of thioether (sulfide) groups is 1. The van der Waals surface area contributed by atoms with Gasteiger partial charge in [-0.3, -0.25) is 33.6 Å². The molecule has 2 aliphatic heterocycles. The van der Waals surface area contributed by atoms with Gasteiger partial charge >= 0.3 is 11.9 Å². The number of allylic oxidation sites excluding steroid dienone is 4. The van der Waals surface area contributed by atoms with Crippen LogP contribution in [-0.2, 0) is 56.1 Å². The molecule has 378 valence electrons. The summed E-state index contributed by atoms with van der Waals surface area (Å²) < 4.78 is 39.7. The van der Waals surface area contributed by atoms with Crippen molar-refractivity contribution in [3.05, 3.63) is 107 Å². The van der Waals surface area contributed by atoms with Crippen LogP contribution >= 0.6 is 24.4 Å². The molecule has 23 heteroatoms. The van der Waals surface area contributed by atoms with Gasteiger partial charge in [0.05, 0.1) is 37.3 Å². The maximum atomic E-state index is 14.3. The fourth-order valence-electron chi connectivity index (χ4n) is 6.18. The molecule has 0 radical (unpaired) electrons. The number of halogens is 2. The highest BCUT2D eigenvalue weighted by Gasteiger charge is 2.32. The molecule has 0 saturated heterocycles. The molecule has 0 fully saturated rings. The second-order valence-corrected chi connectivity index (χ2v) is 17.4. The Balaban J connectivity index is 0.000000371. The van der Waals surface area contributed by atoms with Gasteiger partial charge in [0.15, 0.2) is 28.6 Å². The van der Waals surface area contributed by atoms with Crippen molar-refractivity contribution in [3.63, 3.8) is 0 Å². The van der Waals surface area contributed by atoms with E-state index in [1.165, 1.54) is 38.1 Å². The Labute approximate surface area is 413 Å². The fourth-order valence-corrected chi connectivity index (χ4v) is 6.70. The minimum absolute atomic E-state index is 0.0774. The number of hydrogen-bond donors (Lipinski definition) is 7. The fraction of sp³-hybridized carbons (Fsp3) is 0.426. The topological polar surface area (TPSA) is 270 Å². The SMILES string of the molecule is C/C=C1\NC(=O)c2nc(ccc2F)CNC(=O)C[C@@H](/C=C/CCS)OC(=O)[C@H](C(C)C)NC1=O.C/C=C1\NC(=O)c2nc(ccc2F)CNC(=O)C[C@@H](/C=C/CCSC=O)OC(=O)[C@H](C(C)C)NC1=O. The lowest BCUT2D eigenvalue weighted by Gasteiger charge is -2.24. The van der Waals surface area contributed by atoms with Gasteiger partial charge in [0.2, 0.25) is 11.8 Å². The van der Waals surface area contributed by atoms with Crippen molar-refractivity contribution in [2.45, 2.75) is 105 Å². The van der Waals surface area contributed by atoms with Gasteiger partial charge in [-0.25, -0.2) is 28.3 Å². The Bertz CT molecular complexity index is 2380. The lowest BCUT2D eigenvalue weighted by molar-refractivity contribution is -0.153. The number of amides is 6. The second kappa shape index (κ2) is 29.3. The van der Waals surface area contributed by atoms with Gasteiger partial charge in [-0.1, -0.05) is 63.8 Å². The third kappa shape index (κ3) is 18.6. The van der Waals surface area contributed by atoms with Crippen molar-refractivity contribution in [2.75, 3.05) is 11.5 Å². The van der Waals surface area contributed by atoms with Gasteiger partial charge in [0.25, 0.3) is 23.6 Å². The number of fused-ring (bicyclic) bond motifs is 4. The minimum Gasteiger partial charge on any atom is -0.456 e. The average molecular weight is 1010 g/mol. The summed E-state index contributed by atoms with van der Waals surface area (Å²) >= 11 is 5.22. The maximum Gasteiger partial charge on any atom is 0.329 e. The molecule has 4 bridgehead atoms. The number of aromatic nitrogens is 2. The molecule has 70 heavy (non-hydrogen) atoms. The van der Waals surface area contributed by atoms with Gasteiger partial charge in [0.1, 0.15) is 35.7 Å². The van der Waals surface area contributed by atoms with Crippen LogP contribution in [0.15, 0.2) is 72.1 Å². The molecule has 0 aromatic carbocycles. The molecular formula is C47H58F2N8O11S2. The van der Waals surface area contributed by atoms with Crippen molar-refractivity contribution in [1.29, 1.82) is 0 Å². The third-order valence-corrected chi connectivity index (χ3v) is 10.8. The third-order valence-electron chi connectivity index (χ3n) is 9.92. The number of thiol groups is 1. The quantitative estimate of drug-likeness (QED) is 0.0448. The molecule has 0 spiro atoms. The molecule has 4 rings (SSSR count). The molecule has 0 saturated carbocycles. The van der Waals surface area contributed by atoms with Crippen LogP contribution in [0.2, 0.25) is 0 Å². The van der Waals surface area contributed by atoms with Crippen LogP contribution in [-0.4, -0.2) is 98.8 Å². The number of carbonyl (C=O) groups is 9. The average Bonchev–Trinajstić information content (AvgIpc) is 3.31. The largest absolute Gasteiger partial charge is 0.456 e. The van der Waals surface area contributed by atoms with E-state index in [0.717, 1.165) is 29.5 Å². The number of nitrogens with one attached hydrogen (secondary N) is 6. The monoisotopic (exact) mass is 1010 g/mol. The first kappa shape index (κ1) is 57.6. The summed E-state index contributed by atoms with van der Waals surface area (Å²) in [7, 11) is 0. The smallest absolute Gasteiger partial charge is 0.329 e. The Morgan fingerprint density at radius 2 is 1.09 bits per heavy atom. The van der Waals surface area contributed by atoms with E-state index < -0.39 is 101 Å². The summed E-state index contributed by atoms with van der Waals surface area (Å²) in [6.45, 7) is 9.62. The standard InChI is InChI=1S/C24H29FN4O6S.C23H29FN4O5S/c1-4-18-22(32)29-20(14(2)3)24(34)35-16(7-5-6-10-36-13-30)11-19(31)26-12-15-8-9-17(25)21(27-15)23(33)28-18;1-4-17-21(30)28-19(13(2)3)23(32)33-15(7-5-6-10-34)11-18(29)25-12-14-8-9-16(24)20(26-14)22(31)27-17/h4-5,7-9,13-14,16,20H,6,10-12H2,1-3H3,(H,26,31)(H,28,33)(H,29,32);4-5,7-9,13,15,19,34H,6,10-12H2,1-3H3,(H,25,29)(H,27,31)(H,28,30)/b7-5+,18-4-;7-5+,17-4-/t16-,20+;15-,19+/m11/s1. The van der Waals surface area contributed by atoms with E-state index in [4.69, 9.17) is 9.47 Å². The first-order valence-electron chi connectivity index (χ1n) is 22.1. The molecule has 6 N–H and O–H groups in total. The Kier molecular flexibility index (Phi) is 24.1. The summed E-state index contributed by atoms with van der Waals surface area (Å²) in [4.78, 5) is 120. The number of esters is 2. The molecule has 2 aliphatic rings. The van der Waals surface area contributed by atoms with Gasteiger partial charge < -0.3 is 41.4 Å². The van der Waals surface area contributed by atoms with Crippen molar-refractivity contribution in [1.82, 2.24) is 41.9 Å². The number of nitrogens with zero attached hydrogens (tertiary/aromatic N) is 2. The highest BCUT2D eigenvalue weighted by atomic mass is 32.2. The number of hydrogen-bond acceptors (Lipinski definition) is 15. The number of ether oxygens (including phenoxy) is 2. The first-order valence-corrected chi connectivity index (χ1v) is 23.8. The van der Waals surface area contributed by atoms with Gasteiger partial charge in [-0.2, -0.15) is 12.6 Å². The molecular weight excluding hydrogens is 955 g/mol. The zero-order valence-corrected chi connectivity index (χ0v) is 41.2. The van der Waals surface area contributed by atoms with Crippen LogP contribution in [0.3, 0.4) is 0 Å². The first-order chi connectivity index (χ1) is 33.3. The van der Waals surface area contributed by atoms with Gasteiger partial charge in [-0.15, -0.1) is 0 Å². The van der Waals surface area contributed by atoms with Crippen molar-refractivity contribution in [2.24, 2.45) is 11.8 Å². The summed E-state index contributed by atoms with van der Waals surface area (Å²) in [6, 6.07) is 2.59. The van der Waals surface area contributed by atoms with Crippen molar-refractivity contribution >= 4 is 77.4 Å². The summed E-state index contributed by atoms with van der Waals surface area (Å²) in [5.41, 5.74) is -0.288. The summed E-state index contributed by atoms with van der Waals surface area (Å²) in [6.07, 6.45) is 8.13. The molecule has 2 aromatic rings. The van der Waals surface area contributed by atoms with E-state index >= 15 is 0 Å². The zero-order chi connectivity index (χ0) is 51.9. The number of pyridine rings is 2. The van der Waals surface area contributed by atoms with E-state index in [0.29, 0.717) is 24.3 Å². The van der Waals surface area contributed by atoms with Crippen LogP contribution in [0.1, 0.15) is 99.6 Å². The van der Waals surface area contributed by atoms with Crippen molar-refractivity contribution < 1.29 is 61.4 Å². The van der Waals surface area contributed by atoms with Crippen LogP contribution in [0.4, 0.5) is 8.78 Å². The minimum atomic E-state index is -1.10. The molecule has 4 atom stereocenters. The maximum absolute atomic E-state index is 14.3. The van der Waals surface area contributed by atoms with E-state index in [1.807, 2.05) is 0 Å². The van der Waals surface area contributed by atoms with Crippen LogP contribution < -0.4 is 31.9 Å². The van der Waals surface area contributed by atoms with E-state index in [-0.39, 0.29) is 54.6 Å². The molecule has 6 amide bonds.